The molecular formula is C24H18S2. The zero-order valence-corrected chi connectivity index (χ0v) is 15.9. The summed E-state index contributed by atoms with van der Waals surface area (Å²) < 4.78 is 0. The average molecular weight is 371 g/mol. The average Bonchev–Trinajstić information content (AvgIpc) is 3.42. The van der Waals surface area contributed by atoms with Crippen LogP contribution in [-0.4, -0.2) is 32.5 Å². The molecule has 8 unspecified atom stereocenters. The van der Waals surface area contributed by atoms with E-state index < -0.39 is 0 Å². The minimum atomic E-state index is -0.0881. The van der Waals surface area contributed by atoms with E-state index in [9.17, 15) is 0 Å². The molecule has 6 aliphatic heterocycles. The third-order valence-electron chi connectivity index (χ3n) is 9.11. The third-order valence-corrected chi connectivity index (χ3v) is 18.2. The van der Waals surface area contributed by atoms with E-state index >= 15 is 0 Å². The Morgan fingerprint density at radius 2 is 1.08 bits per heavy atom. The van der Waals surface area contributed by atoms with Gasteiger partial charge in [0.25, 0.3) is 0 Å². The molecule has 6 heterocycles. The van der Waals surface area contributed by atoms with Gasteiger partial charge in [0.15, 0.2) is 0 Å². The normalized spacial score (nSPS) is 54.5. The second kappa shape index (κ2) is 3.08. The molecule has 6 saturated heterocycles. The van der Waals surface area contributed by atoms with Crippen LogP contribution < -0.4 is 0 Å². The van der Waals surface area contributed by atoms with Gasteiger partial charge in [-0.05, 0) is 54.9 Å². The van der Waals surface area contributed by atoms with E-state index in [0.717, 1.165) is 10.5 Å². The van der Waals surface area contributed by atoms with Crippen molar-refractivity contribution in [2.24, 2.45) is 0 Å². The summed E-state index contributed by atoms with van der Waals surface area (Å²) in [4.78, 5) is 0. The van der Waals surface area contributed by atoms with Gasteiger partial charge in [-0.3, -0.25) is 0 Å². The highest BCUT2D eigenvalue weighted by atomic mass is 32.3. The summed E-state index contributed by atoms with van der Waals surface area (Å²) in [6, 6.07) is 19.0. The zero-order valence-electron chi connectivity index (χ0n) is 14.3. The maximum atomic E-state index is 2.49. The lowest BCUT2D eigenvalue weighted by atomic mass is 9.84. The van der Waals surface area contributed by atoms with E-state index in [1.54, 1.807) is 33.1 Å². The Kier molecular flexibility index (Phi) is 1.44. The summed E-state index contributed by atoms with van der Waals surface area (Å²) in [5.41, 5.74) is 3.78. The summed E-state index contributed by atoms with van der Waals surface area (Å²) in [5, 5.41) is 16.2. The van der Waals surface area contributed by atoms with Gasteiger partial charge in [-0.25, -0.2) is 20.1 Å². The number of rotatable bonds is 2. The van der Waals surface area contributed by atoms with Crippen LogP contribution in [0.1, 0.15) is 21.6 Å². The Morgan fingerprint density at radius 3 is 1.46 bits per heavy atom. The van der Waals surface area contributed by atoms with Gasteiger partial charge < -0.3 is 0 Å². The second-order valence-electron chi connectivity index (χ2n) is 9.70. The molecule has 0 nitrogen and oxygen atoms in total. The molecule has 0 radical (unpaired) electrons. The summed E-state index contributed by atoms with van der Waals surface area (Å²) in [7, 11) is -0.176. The van der Waals surface area contributed by atoms with Crippen LogP contribution in [0.5, 0.6) is 0 Å². The van der Waals surface area contributed by atoms with Gasteiger partial charge >= 0.3 is 0 Å². The van der Waals surface area contributed by atoms with E-state index in [0.29, 0.717) is 0 Å². The highest BCUT2D eigenvalue weighted by molar-refractivity contribution is 8.54. The maximum Gasteiger partial charge on any atom is 0.0272 e. The van der Waals surface area contributed by atoms with Crippen molar-refractivity contribution >= 4 is 52.4 Å². The highest BCUT2D eigenvalue weighted by Crippen LogP contribution is 3.16. The molecule has 4 aromatic carbocycles. The maximum absolute atomic E-state index is 2.49. The lowest BCUT2D eigenvalue weighted by Gasteiger charge is -2.22. The molecule has 26 heavy (non-hydrogen) atoms. The van der Waals surface area contributed by atoms with Gasteiger partial charge in [-0.2, -0.15) is 0 Å². The standard InChI is InChI=1S/C24H18S2/c1-3-11-7-8-12-4-2-6-14-18(12)17(11)13(5-1)19(23-21-15-9-25(15,21)23)20(14)24-22-16-10-26(16,22)24/h1-8,15-16,21-24H,9-10H2. The van der Waals surface area contributed by atoms with Crippen LogP contribution >= 0.6 is 20.1 Å². The molecule has 2 spiro atoms. The van der Waals surface area contributed by atoms with Crippen molar-refractivity contribution in [3.05, 3.63) is 59.7 Å². The van der Waals surface area contributed by atoms with Crippen LogP contribution in [0.25, 0.3) is 32.3 Å². The monoisotopic (exact) mass is 370 g/mol. The first-order valence-corrected chi connectivity index (χ1v) is 14.1. The lowest BCUT2D eigenvalue weighted by Crippen LogP contribution is -2.05. The predicted molar refractivity (Wildman–Crippen MR) is 116 cm³/mol. The fraction of sp³-hybridized carbons (Fsp3) is 0.333. The first kappa shape index (κ1) is 12.2. The fourth-order valence-electron chi connectivity index (χ4n) is 7.40. The van der Waals surface area contributed by atoms with Crippen molar-refractivity contribution < 1.29 is 0 Å². The Hall–Kier alpha value is -1.38. The van der Waals surface area contributed by atoms with Crippen LogP contribution in [0.3, 0.4) is 0 Å². The van der Waals surface area contributed by atoms with E-state index in [1.807, 2.05) is 11.1 Å². The number of fused-ring (bicyclic) bond motifs is 2. The number of benzene rings is 4. The third kappa shape index (κ3) is 0.948. The van der Waals surface area contributed by atoms with E-state index in [2.05, 4.69) is 48.5 Å². The zero-order chi connectivity index (χ0) is 16.2. The quantitative estimate of drug-likeness (QED) is 0.307. The topological polar surface area (TPSA) is 0 Å². The number of hydrogen-bond acceptors (Lipinski definition) is 0. The smallest absolute Gasteiger partial charge is 0.0272 e. The molecule has 6 fully saturated rings. The first-order chi connectivity index (χ1) is 12.9. The van der Waals surface area contributed by atoms with Crippen LogP contribution in [0.4, 0.5) is 0 Å². The Morgan fingerprint density at radius 1 is 0.615 bits per heavy atom. The van der Waals surface area contributed by atoms with Crippen molar-refractivity contribution in [3.8, 4) is 0 Å². The summed E-state index contributed by atoms with van der Waals surface area (Å²) >= 11 is 0. The predicted octanol–water partition coefficient (Wildman–Crippen LogP) is 5.83. The van der Waals surface area contributed by atoms with Crippen LogP contribution in [0, 0.1) is 0 Å². The van der Waals surface area contributed by atoms with Crippen molar-refractivity contribution in [1.82, 2.24) is 0 Å². The number of hydrogen-bond donors (Lipinski definition) is 0. The molecule has 2 heteroatoms. The fourth-order valence-corrected chi connectivity index (χ4v) is 17.7. The molecule has 4 aromatic rings. The van der Waals surface area contributed by atoms with Crippen LogP contribution in [0.15, 0.2) is 48.5 Å². The second-order valence-corrected chi connectivity index (χ2v) is 17.3. The summed E-state index contributed by atoms with van der Waals surface area (Å²) in [6.07, 6.45) is 0. The molecule has 0 aliphatic carbocycles. The molecule has 0 bridgehead atoms. The van der Waals surface area contributed by atoms with Crippen LogP contribution in [0.2, 0.25) is 0 Å². The largest absolute Gasteiger partial charge is 0.222 e. The summed E-state index contributed by atoms with van der Waals surface area (Å²) in [5.74, 6) is 3.27. The van der Waals surface area contributed by atoms with Crippen molar-refractivity contribution in [2.45, 2.75) is 31.5 Å². The Labute approximate surface area is 154 Å². The van der Waals surface area contributed by atoms with Gasteiger partial charge in [0.1, 0.15) is 0 Å². The van der Waals surface area contributed by atoms with E-state index in [-0.39, 0.29) is 20.1 Å². The van der Waals surface area contributed by atoms with Gasteiger partial charge in [-0.1, -0.05) is 48.5 Å². The Bertz CT molecular complexity index is 1300. The molecule has 0 N–H and O–H groups in total. The molecule has 10 rings (SSSR count). The first-order valence-electron chi connectivity index (χ1n) is 10.1. The molecule has 0 aromatic heterocycles. The van der Waals surface area contributed by atoms with E-state index in [4.69, 9.17) is 0 Å². The van der Waals surface area contributed by atoms with Gasteiger partial charge in [-0.15, -0.1) is 0 Å². The minimum Gasteiger partial charge on any atom is -0.222 e. The van der Waals surface area contributed by atoms with Crippen molar-refractivity contribution in [1.29, 1.82) is 0 Å². The Balaban J connectivity index is 1.45. The highest BCUT2D eigenvalue weighted by Gasteiger charge is 2.97. The van der Waals surface area contributed by atoms with Crippen molar-refractivity contribution in [3.63, 3.8) is 0 Å². The van der Waals surface area contributed by atoms with Gasteiger partial charge in [0.05, 0.1) is 0 Å². The van der Waals surface area contributed by atoms with Crippen molar-refractivity contribution in [2.75, 3.05) is 11.5 Å². The summed E-state index contributed by atoms with van der Waals surface area (Å²) in [6.45, 7) is 0. The molecule has 6 aliphatic rings. The molecule has 0 saturated carbocycles. The lowest BCUT2D eigenvalue weighted by molar-refractivity contribution is 0.923. The molecular weight excluding hydrogens is 352 g/mol. The molecule has 0 amide bonds. The minimum absolute atomic E-state index is 0.0881. The SMILES string of the molecule is c1cc2ccc3cccc4c(C5C6C7CS756)c(C5C6C7CS756)c(c1)c2c34. The van der Waals surface area contributed by atoms with Crippen LogP contribution in [-0.2, 0) is 0 Å². The van der Waals surface area contributed by atoms with Gasteiger partial charge in [0, 0.05) is 31.5 Å². The molecule has 8 atom stereocenters. The van der Waals surface area contributed by atoms with E-state index in [1.165, 1.54) is 31.8 Å². The van der Waals surface area contributed by atoms with Gasteiger partial charge in [0.2, 0.25) is 0 Å². The molecule has 126 valence electrons.